The number of carbonyl (C=O) groups is 3. The molecule has 0 radical (unpaired) electrons. The van der Waals surface area contributed by atoms with Crippen molar-refractivity contribution < 1.29 is 44.7 Å². The smallest absolute Gasteiger partial charge is 0.288 e. The van der Waals surface area contributed by atoms with Gasteiger partial charge in [-0.2, -0.15) is 0 Å². The molecule has 0 spiro atoms. The molecule has 1 saturated heterocycles. The van der Waals surface area contributed by atoms with Gasteiger partial charge in [-0.05, 0) is 31.4 Å². The number of nitrogens with zero attached hydrogens (tertiary/aromatic N) is 3. The number of Topliss-reactive ketones (excluding diaryl/α,β-unsaturated/α-hetero) is 3. The molecular formula is C12H17N3O9. The molecule has 12 nitrogen and oxygen atoms in total. The number of hydrogen-bond acceptors (Lipinski definition) is 10. The largest absolute Gasteiger partial charge is 0.394 e. The molecule has 0 aromatic heterocycles. The minimum absolute atomic E-state index is 0.592. The summed E-state index contributed by atoms with van der Waals surface area (Å²) in [6, 6.07) is 0. The molecule has 12 heteroatoms. The fraction of sp³-hybridized carbons (Fsp3) is 0.750. The van der Waals surface area contributed by atoms with Gasteiger partial charge in [0.25, 0.3) is 5.91 Å². The third kappa shape index (κ3) is 2.03. The molecule has 1 fully saturated rings. The molecule has 24 heavy (non-hydrogen) atoms. The summed E-state index contributed by atoms with van der Waals surface area (Å²) in [4.78, 5) is 38.1. The normalized spacial score (nSPS) is 42.1. The van der Waals surface area contributed by atoms with Crippen molar-refractivity contribution in [2.45, 2.75) is 49.6 Å². The first-order chi connectivity index (χ1) is 10.8. The maximum Gasteiger partial charge on any atom is 0.288 e. The third-order valence-electron chi connectivity index (χ3n) is 4.22. The molecule has 1 aliphatic heterocycles. The first-order valence-corrected chi connectivity index (χ1v) is 6.58. The Morgan fingerprint density at radius 3 is 1.79 bits per heavy atom. The highest BCUT2D eigenvalue weighted by atomic mass is 16.7. The van der Waals surface area contributed by atoms with Crippen molar-refractivity contribution in [1.82, 2.24) is 0 Å². The molecule has 1 heterocycles. The van der Waals surface area contributed by atoms with Crippen molar-refractivity contribution in [3.05, 3.63) is 10.4 Å². The maximum atomic E-state index is 12.1. The lowest BCUT2D eigenvalue weighted by Gasteiger charge is -2.59. The second kappa shape index (κ2) is 5.86. The summed E-state index contributed by atoms with van der Waals surface area (Å²) in [5.74, 6) is -8.03. The predicted octanol–water partition coefficient (Wildman–Crippen LogP) is -2.71. The molecule has 5 N–H and O–H groups in total. The van der Waals surface area contributed by atoms with Crippen molar-refractivity contribution in [3.8, 4) is 0 Å². The summed E-state index contributed by atoms with van der Waals surface area (Å²) in [5, 5.41) is 54.3. The Kier molecular flexibility index (Phi) is 4.92. The fourth-order valence-electron chi connectivity index (χ4n) is 2.93. The fourth-order valence-corrected chi connectivity index (χ4v) is 2.93. The molecule has 1 rings (SSSR count). The van der Waals surface area contributed by atoms with Crippen LogP contribution >= 0.6 is 0 Å². The summed E-state index contributed by atoms with van der Waals surface area (Å²) in [7, 11) is 0. The van der Waals surface area contributed by atoms with E-state index in [4.69, 9.17) is 10.3 Å². The first-order valence-electron chi connectivity index (χ1n) is 6.58. The second-order valence-corrected chi connectivity index (χ2v) is 5.44. The Bertz CT molecular complexity index is 648. The lowest BCUT2D eigenvalue weighted by atomic mass is 9.60. The Morgan fingerprint density at radius 2 is 1.50 bits per heavy atom. The summed E-state index contributed by atoms with van der Waals surface area (Å²) < 4.78 is 4.69. The molecule has 1 unspecified atom stereocenters. The van der Waals surface area contributed by atoms with Crippen molar-refractivity contribution in [2.24, 2.45) is 5.11 Å². The van der Waals surface area contributed by atoms with Gasteiger partial charge in [0.1, 0.15) is 6.10 Å². The highest BCUT2D eigenvalue weighted by molar-refractivity contribution is 6.05. The average molecular weight is 347 g/mol. The van der Waals surface area contributed by atoms with Crippen LogP contribution in [0.1, 0.15) is 20.8 Å². The monoisotopic (exact) mass is 347 g/mol. The van der Waals surface area contributed by atoms with Gasteiger partial charge in [0.15, 0.2) is 23.0 Å². The van der Waals surface area contributed by atoms with Crippen LogP contribution in [0.5, 0.6) is 0 Å². The molecule has 0 bridgehead atoms. The molecule has 0 aliphatic carbocycles. The summed E-state index contributed by atoms with van der Waals surface area (Å²) in [5.41, 5.74) is -2.22. The summed E-state index contributed by atoms with van der Waals surface area (Å²) in [6.07, 6.45) is -2.21. The number of ketones is 3. The summed E-state index contributed by atoms with van der Waals surface area (Å²) >= 11 is 0. The highest BCUT2D eigenvalue weighted by Crippen LogP contribution is 2.50. The van der Waals surface area contributed by atoms with E-state index in [0.717, 1.165) is 0 Å². The topological polar surface area (TPSA) is 210 Å². The van der Waals surface area contributed by atoms with Crippen LogP contribution in [-0.2, 0) is 19.1 Å². The van der Waals surface area contributed by atoms with Crippen molar-refractivity contribution in [3.63, 3.8) is 0 Å². The van der Waals surface area contributed by atoms with E-state index in [1.165, 1.54) is 0 Å². The molecule has 0 saturated carbocycles. The van der Waals surface area contributed by atoms with Gasteiger partial charge in [-0.15, -0.1) is 0 Å². The number of aliphatic hydroxyl groups excluding tert-OH is 1. The summed E-state index contributed by atoms with van der Waals surface area (Å²) in [6.45, 7) is 0.647. The van der Waals surface area contributed by atoms with Crippen molar-refractivity contribution >= 4 is 17.3 Å². The molecular weight excluding hydrogens is 330 g/mol. The van der Waals surface area contributed by atoms with E-state index in [1.54, 1.807) is 0 Å². The Morgan fingerprint density at radius 1 is 1.04 bits per heavy atom. The second-order valence-electron chi connectivity index (χ2n) is 5.44. The van der Waals surface area contributed by atoms with E-state index in [0.29, 0.717) is 20.8 Å². The van der Waals surface area contributed by atoms with E-state index in [9.17, 15) is 39.9 Å². The highest BCUT2D eigenvalue weighted by Gasteiger charge is 2.82. The van der Waals surface area contributed by atoms with Crippen molar-refractivity contribution in [1.29, 1.82) is 0 Å². The predicted molar refractivity (Wildman–Crippen MR) is 72.9 cm³/mol. The lowest BCUT2D eigenvalue weighted by Crippen LogP contribution is -2.89. The lowest BCUT2D eigenvalue weighted by molar-refractivity contribution is -0.405. The van der Waals surface area contributed by atoms with Gasteiger partial charge < -0.3 is 30.3 Å². The number of azide groups is 1. The van der Waals surface area contributed by atoms with Crippen LogP contribution in [0.25, 0.3) is 10.4 Å². The first kappa shape index (κ1) is 20.1. The van der Waals surface area contributed by atoms with Crippen molar-refractivity contribution in [2.75, 3.05) is 6.61 Å². The minimum Gasteiger partial charge on any atom is -0.394 e. The molecule has 0 aromatic carbocycles. The van der Waals surface area contributed by atoms with E-state index >= 15 is 0 Å². The average Bonchev–Trinajstić information content (AvgIpc) is 2.48. The van der Waals surface area contributed by atoms with E-state index in [2.05, 4.69) is 10.0 Å². The zero-order chi connectivity index (χ0) is 19.1. The van der Waals surface area contributed by atoms with Crippen LogP contribution in [0, 0.1) is 0 Å². The molecule has 134 valence electrons. The number of ether oxygens (including phenoxy) is 1. The minimum atomic E-state index is -3.75. The van der Waals surface area contributed by atoms with Gasteiger partial charge in [-0.25, -0.2) is 0 Å². The SMILES string of the molecule is CC(=O)[C@@]1(O)[C@@](O)(C(C)=O)C(O)(N=[N+]=[N-])O[C@H](CO)[C@@]1(O)C(C)=O. The number of hydrogen-bond donors (Lipinski definition) is 5. The van der Waals surface area contributed by atoms with Crippen LogP contribution in [0.15, 0.2) is 5.11 Å². The Balaban J connectivity index is 4.04. The van der Waals surface area contributed by atoms with E-state index in [1.807, 2.05) is 0 Å². The number of rotatable bonds is 5. The van der Waals surface area contributed by atoms with Gasteiger partial charge >= 0.3 is 0 Å². The van der Waals surface area contributed by atoms with Gasteiger partial charge in [-0.1, -0.05) is 0 Å². The van der Waals surface area contributed by atoms with Crippen LogP contribution in [0.2, 0.25) is 0 Å². The Hall–Kier alpha value is -1.92. The van der Waals surface area contributed by atoms with Gasteiger partial charge in [0.2, 0.25) is 11.2 Å². The van der Waals surface area contributed by atoms with E-state index in [-0.39, 0.29) is 0 Å². The van der Waals surface area contributed by atoms with Gasteiger partial charge in [0.05, 0.1) is 6.61 Å². The van der Waals surface area contributed by atoms with Crippen LogP contribution < -0.4 is 0 Å². The zero-order valence-corrected chi connectivity index (χ0v) is 13.0. The van der Waals surface area contributed by atoms with Crippen LogP contribution in [0.4, 0.5) is 0 Å². The van der Waals surface area contributed by atoms with E-state index < -0.39 is 52.8 Å². The van der Waals surface area contributed by atoms with Gasteiger partial charge in [-0.3, -0.25) is 14.4 Å². The number of aliphatic hydroxyl groups is 5. The molecule has 5 atom stereocenters. The molecule has 0 aromatic rings. The van der Waals surface area contributed by atoms with Crippen LogP contribution in [-0.4, -0.2) is 78.3 Å². The molecule has 1 aliphatic rings. The van der Waals surface area contributed by atoms with Gasteiger partial charge in [0, 0.05) is 4.91 Å². The Labute approximate surface area is 134 Å². The third-order valence-corrected chi connectivity index (χ3v) is 4.22. The zero-order valence-electron chi connectivity index (χ0n) is 13.0. The van der Waals surface area contributed by atoms with Crippen LogP contribution in [0.3, 0.4) is 0 Å². The number of carbonyl (C=O) groups excluding carboxylic acids is 3. The standard InChI is InChI=1S/C12H17N3O9/c1-5(17)9(20)8(4-16)24-12(23,14-15-13)11(22,7(3)19)10(9,21)6(2)18/h8,16,20-23H,4H2,1-3H3/t8-,9+,10+,11+,12?/m1/s1. The quantitative estimate of drug-likeness (QED) is 0.198. The molecule has 0 amide bonds. The maximum absolute atomic E-state index is 12.1.